The van der Waals surface area contributed by atoms with Gasteiger partial charge < -0.3 is 19.9 Å². The zero-order valence-electron chi connectivity index (χ0n) is 17.1. The van der Waals surface area contributed by atoms with Gasteiger partial charge in [0.2, 0.25) is 5.91 Å². The molecule has 0 saturated carbocycles. The maximum Gasteiger partial charge on any atom is 0.255 e. The molecule has 0 aliphatic heterocycles. The van der Waals surface area contributed by atoms with E-state index < -0.39 is 11.7 Å². The summed E-state index contributed by atoms with van der Waals surface area (Å²) in [6.45, 7) is 0.0842. The quantitative estimate of drug-likeness (QED) is 0.416. The zero-order valence-corrected chi connectivity index (χ0v) is 17.8. The fraction of sp³-hybridized carbons (Fsp3) is 0.0833. The van der Waals surface area contributed by atoms with Crippen molar-refractivity contribution in [3.8, 4) is 5.75 Å². The molecule has 0 radical (unpaired) electrons. The molecule has 1 aromatic heterocycles. The van der Waals surface area contributed by atoms with E-state index in [1.54, 1.807) is 34.9 Å². The number of carbonyl (C=O) groups is 2. The van der Waals surface area contributed by atoms with E-state index >= 15 is 0 Å². The molecule has 162 valence electrons. The van der Waals surface area contributed by atoms with E-state index in [1.165, 1.54) is 25.3 Å². The number of anilines is 2. The van der Waals surface area contributed by atoms with Gasteiger partial charge in [0.15, 0.2) is 0 Å². The molecule has 0 unspecified atom stereocenters. The van der Waals surface area contributed by atoms with Crippen LogP contribution in [0.25, 0.3) is 10.9 Å². The minimum absolute atomic E-state index is 0.0842. The third-order valence-corrected chi connectivity index (χ3v) is 5.10. The van der Waals surface area contributed by atoms with E-state index in [9.17, 15) is 14.0 Å². The zero-order chi connectivity index (χ0) is 22.7. The number of aromatic nitrogens is 1. The molecule has 0 aliphatic rings. The lowest BCUT2D eigenvalue weighted by molar-refractivity contribution is -0.116. The molecule has 32 heavy (non-hydrogen) atoms. The minimum atomic E-state index is -0.510. The first-order valence-corrected chi connectivity index (χ1v) is 10.1. The van der Waals surface area contributed by atoms with Gasteiger partial charge in [0.05, 0.1) is 12.8 Å². The molecule has 3 aromatic carbocycles. The van der Waals surface area contributed by atoms with E-state index in [0.717, 1.165) is 17.0 Å². The molecule has 4 aromatic rings. The molecule has 0 saturated heterocycles. The van der Waals surface area contributed by atoms with Gasteiger partial charge in [-0.15, -0.1) is 0 Å². The van der Waals surface area contributed by atoms with Crippen LogP contribution >= 0.6 is 11.6 Å². The first kappa shape index (κ1) is 21.4. The van der Waals surface area contributed by atoms with Crippen molar-refractivity contribution in [1.29, 1.82) is 0 Å². The molecule has 6 nitrogen and oxygen atoms in total. The van der Waals surface area contributed by atoms with Gasteiger partial charge in [-0.2, -0.15) is 0 Å². The number of methoxy groups -OCH3 is 1. The van der Waals surface area contributed by atoms with Crippen molar-refractivity contribution in [1.82, 2.24) is 4.57 Å². The number of carbonyl (C=O) groups excluding carboxylic acids is 2. The Morgan fingerprint density at radius 1 is 1.03 bits per heavy atom. The standard InChI is InChI=1S/C24H19ClFN3O3/c1-32-22-8-7-19(13-20(22)28-24(31)16-3-2-4-18(26)11-16)27-23(30)14-29-10-9-15-5-6-17(25)12-21(15)29/h2-13H,14H2,1H3,(H,27,30)(H,28,31). The summed E-state index contributed by atoms with van der Waals surface area (Å²) in [4.78, 5) is 25.1. The smallest absolute Gasteiger partial charge is 0.255 e. The lowest BCUT2D eigenvalue weighted by Gasteiger charge is -2.13. The Bertz CT molecular complexity index is 1320. The van der Waals surface area contributed by atoms with Crippen LogP contribution in [0.2, 0.25) is 5.02 Å². The van der Waals surface area contributed by atoms with E-state index in [2.05, 4.69) is 10.6 Å². The summed E-state index contributed by atoms with van der Waals surface area (Å²) >= 11 is 6.07. The highest BCUT2D eigenvalue weighted by atomic mass is 35.5. The molecule has 0 bridgehead atoms. The summed E-state index contributed by atoms with van der Waals surface area (Å²) in [5.41, 5.74) is 1.84. The fourth-order valence-corrected chi connectivity index (χ4v) is 3.52. The van der Waals surface area contributed by atoms with E-state index in [4.69, 9.17) is 16.3 Å². The topological polar surface area (TPSA) is 72.4 Å². The van der Waals surface area contributed by atoms with Crippen LogP contribution in [-0.2, 0) is 11.3 Å². The number of nitrogens with zero attached hydrogens (tertiary/aromatic N) is 1. The van der Waals surface area contributed by atoms with Crippen molar-refractivity contribution in [2.24, 2.45) is 0 Å². The highest BCUT2D eigenvalue weighted by molar-refractivity contribution is 6.31. The van der Waals surface area contributed by atoms with Crippen LogP contribution in [0.5, 0.6) is 5.75 Å². The van der Waals surface area contributed by atoms with Crippen molar-refractivity contribution < 1.29 is 18.7 Å². The van der Waals surface area contributed by atoms with Gasteiger partial charge in [-0.25, -0.2) is 4.39 Å². The van der Waals surface area contributed by atoms with Gasteiger partial charge in [0.25, 0.3) is 5.91 Å². The monoisotopic (exact) mass is 451 g/mol. The number of nitrogens with one attached hydrogen (secondary N) is 2. The molecule has 4 rings (SSSR count). The highest BCUT2D eigenvalue weighted by Gasteiger charge is 2.13. The Hall–Kier alpha value is -3.84. The Morgan fingerprint density at radius 3 is 2.66 bits per heavy atom. The predicted molar refractivity (Wildman–Crippen MR) is 123 cm³/mol. The van der Waals surface area contributed by atoms with Crippen LogP contribution in [0.15, 0.2) is 72.9 Å². The van der Waals surface area contributed by atoms with Gasteiger partial charge in [0.1, 0.15) is 18.1 Å². The van der Waals surface area contributed by atoms with Crippen molar-refractivity contribution in [3.05, 3.63) is 89.3 Å². The summed E-state index contributed by atoms with van der Waals surface area (Å²) in [5, 5.41) is 7.08. The molecule has 0 aliphatic carbocycles. The Morgan fingerprint density at radius 2 is 1.88 bits per heavy atom. The molecular formula is C24H19ClFN3O3. The summed E-state index contributed by atoms with van der Waals surface area (Å²) in [7, 11) is 1.47. The average Bonchev–Trinajstić information content (AvgIpc) is 3.15. The normalized spacial score (nSPS) is 10.7. The Kier molecular flexibility index (Phi) is 6.09. The van der Waals surface area contributed by atoms with Crippen molar-refractivity contribution in [3.63, 3.8) is 0 Å². The SMILES string of the molecule is COc1ccc(NC(=O)Cn2ccc3ccc(Cl)cc32)cc1NC(=O)c1cccc(F)c1. The van der Waals surface area contributed by atoms with Crippen LogP contribution in [0.1, 0.15) is 10.4 Å². The maximum atomic E-state index is 13.4. The van der Waals surface area contributed by atoms with Crippen molar-refractivity contribution in [2.75, 3.05) is 17.7 Å². The first-order valence-electron chi connectivity index (χ1n) is 9.72. The van der Waals surface area contributed by atoms with Gasteiger partial charge in [-0.1, -0.05) is 23.7 Å². The number of rotatable bonds is 6. The minimum Gasteiger partial charge on any atom is -0.495 e. The van der Waals surface area contributed by atoms with Gasteiger partial charge >= 0.3 is 0 Å². The molecule has 0 spiro atoms. The Labute approximate surface area is 188 Å². The molecule has 0 fully saturated rings. The summed E-state index contributed by atoms with van der Waals surface area (Å²) in [6.07, 6.45) is 1.82. The summed E-state index contributed by atoms with van der Waals surface area (Å²) < 4.78 is 20.5. The number of halogens is 2. The number of benzene rings is 3. The van der Waals surface area contributed by atoms with Crippen molar-refractivity contribution in [2.45, 2.75) is 6.54 Å². The molecule has 2 N–H and O–H groups in total. The first-order chi connectivity index (χ1) is 15.4. The molecule has 8 heteroatoms. The largest absolute Gasteiger partial charge is 0.495 e. The number of fused-ring (bicyclic) bond motifs is 1. The van der Waals surface area contributed by atoms with E-state index in [0.29, 0.717) is 22.1 Å². The maximum absolute atomic E-state index is 13.4. The van der Waals surface area contributed by atoms with Crippen LogP contribution in [-0.4, -0.2) is 23.5 Å². The van der Waals surface area contributed by atoms with Crippen LogP contribution in [0.4, 0.5) is 15.8 Å². The lowest BCUT2D eigenvalue weighted by Crippen LogP contribution is -2.18. The van der Waals surface area contributed by atoms with Crippen LogP contribution in [0.3, 0.4) is 0 Å². The van der Waals surface area contributed by atoms with Crippen LogP contribution in [0, 0.1) is 5.82 Å². The molecule has 1 heterocycles. The highest BCUT2D eigenvalue weighted by Crippen LogP contribution is 2.28. The van der Waals surface area contributed by atoms with Gasteiger partial charge in [-0.05, 0) is 60.0 Å². The summed E-state index contributed by atoms with van der Waals surface area (Å²) in [6, 6.07) is 17.6. The molecule has 2 amide bonds. The van der Waals surface area contributed by atoms with Gasteiger partial charge in [-0.3, -0.25) is 9.59 Å². The summed E-state index contributed by atoms with van der Waals surface area (Å²) in [5.74, 6) is -0.861. The third-order valence-electron chi connectivity index (χ3n) is 4.87. The number of hydrogen-bond donors (Lipinski definition) is 2. The third kappa shape index (κ3) is 4.73. The lowest BCUT2D eigenvalue weighted by atomic mass is 10.2. The number of ether oxygens (including phenoxy) is 1. The second kappa shape index (κ2) is 9.11. The molecule has 0 atom stereocenters. The van der Waals surface area contributed by atoms with E-state index in [-0.39, 0.29) is 18.0 Å². The van der Waals surface area contributed by atoms with Gasteiger partial charge in [0, 0.05) is 28.0 Å². The van der Waals surface area contributed by atoms with Crippen LogP contribution < -0.4 is 15.4 Å². The number of hydrogen-bond acceptors (Lipinski definition) is 3. The van der Waals surface area contributed by atoms with Crippen molar-refractivity contribution >= 4 is 45.7 Å². The second-order valence-electron chi connectivity index (χ2n) is 7.07. The Balaban J connectivity index is 1.50. The predicted octanol–water partition coefficient (Wildman–Crippen LogP) is 5.33. The second-order valence-corrected chi connectivity index (χ2v) is 7.51. The number of amides is 2. The fourth-order valence-electron chi connectivity index (χ4n) is 3.36. The average molecular weight is 452 g/mol. The molecular weight excluding hydrogens is 433 g/mol. The van der Waals surface area contributed by atoms with E-state index in [1.807, 2.05) is 18.3 Å².